The van der Waals surface area contributed by atoms with Crippen LogP contribution in [0.25, 0.3) is 0 Å². The fourth-order valence-electron chi connectivity index (χ4n) is 1.63. The topological polar surface area (TPSA) is 56.4 Å². The first kappa shape index (κ1) is 9.58. The van der Waals surface area contributed by atoms with E-state index in [9.17, 15) is 0 Å². The van der Waals surface area contributed by atoms with Crippen molar-refractivity contribution in [2.45, 2.75) is 0 Å². The number of hydrogen-bond donors (Lipinski definition) is 2. The SMILES string of the molecule is CN1CC=CC=C1N1C=C/C(=C/N)C1=N. The third-order valence-corrected chi connectivity index (χ3v) is 2.50. The molecule has 78 valence electrons. The summed E-state index contributed by atoms with van der Waals surface area (Å²) >= 11 is 0. The molecule has 2 rings (SSSR count). The van der Waals surface area contributed by atoms with Gasteiger partial charge in [-0.3, -0.25) is 10.3 Å². The summed E-state index contributed by atoms with van der Waals surface area (Å²) in [6, 6.07) is 0. The van der Waals surface area contributed by atoms with Crippen LogP contribution in [0.5, 0.6) is 0 Å². The lowest BCUT2D eigenvalue weighted by molar-refractivity contribution is 0.374. The van der Waals surface area contributed by atoms with Crippen molar-refractivity contribution in [3.8, 4) is 0 Å². The van der Waals surface area contributed by atoms with E-state index in [1.165, 1.54) is 6.20 Å². The molecule has 0 amide bonds. The number of nitrogens with zero attached hydrogens (tertiary/aromatic N) is 2. The van der Waals surface area contributed by atoms with Crippen LogP contribution in [0, 0.1) is 5.41 Å². The van der Waals surface area contributed by atoms with E-state index in [1.807, 2.05) is 36.4 Å². The molecular formula is C11H14N4. The van der Waals surface area contributed by atoms with Gasteiger partial charge in [0.1, 0.15) is 11.7 Å². The minimum absolute atomic E-state index is 0.422. The van der Waals surface area contributed by atoms with E-state index in [-0.39, 0.29) is 0 Å². The first-order valence-corrected chi connectivity index (χ1v) is 4.80. The zero-order valence-corrected chi connectivity index (χ0v) is 8.64. The largest absolute Gasteiger partial charge is 0.404 e. The second-order valence-corrected chi connectivity index (χ2v) is 3.49. The van der Waals surface area contributed by atoms with Gasteiger partial charge in [-0.1, -0.05) is 12.2 Å². The maximum absolute atomic E-state index is 7.91. The van der Waals surface area contributed by atoms with Gasteiger partial charge in [0.25, 0.3) is 0 Å². The Morgan fingerprint density at radius 2 is 2.33 bits per heavy atom. The molecule has 0 aromatic rings. The molecule has 0 radical (unpaired) electrons. The highest BCUT2D eigenvalue weighted by Crippen LogP contribution is 2.21. The van der Waals surface area contributed by atoms with E-state index in [0.29, 0.717) is 5.84 Å². The highest BCUT2D eigenvalue weighted by Gasteiger charge is 2.22. The highest BCUT2D eigenvalue weighted by atomic mass is 15.3. The lowest BCUT2D eigenvalue weighted by Gasteiger charge is -2.30. The number of nitrogens with two attached hydrogens (primary N) is 1. The number of rotatable bonds is 1. The van der Waals surface area contributed by atoms with Gasteiger partial charge in [-0.2, -0.15) is 0 Å². The van der Waals surface area contributed by atoms with E-state index < -0.39 is 0 Å². The number of likely N-dealkylation sites (N-methyl/N-ethyl adjacent to an activating group) is 1. The molecule has 4 heteroatoms. The van der Waals surface area contributed by atoms with E-state index in [2.05, 4.69) is 11.0 Å². The van der Waals surface area contributed by atoms with Crippen LogP contribution in [0.15, 0.2) is 48.1 Å². The third-order valence-electron chi connectivity index (χ3n) is 2.50. The Balaban J connectivity index is 2.27. The van der Waals surface area contributed by atoms with E-state index in [1.54, 1.807) is 0 Å². The maximum atomic E-state index is 7.91. The number of nitrogens with one attached hydrogen (secondary N) is 1. The molecule has 2 aliphatic heterocycles. The van der Waals surface area contributed by atoms with Crippen molar-refractivity contribution in [3.63, 3.8) is 0 Å². The van der Waals surface area contributed by atoms with Gasteiger partial charge in [-0.25, -0.2) is 0 Å². The van der Waals surface area contributed by atoms with Gasteiger partial charge in [-0.05, 0) is 12.2 Å². The van der Waals surface area contributed by atoms with Gasteiger partial charge in [0.2, 0.25) is 0 Å². The zero-order chi connectivity index (χ0) is 10.8. The average Bonchev–Trinajstić information content (AvgIpc) is 2.60. The van der Waals surface area contributed by atoms with Gasteiger partial charge >= 0.3 is 0 Å². The molecule has 0 unspecified atom stereocenters. The fourth-order valence-corrected chi connectivity index (χ4v) is 1.63. The Morgan fingerprint density at radius 1 is 1.53 bits per heavy atom. The van der Waals surface area contributed by atoms with Gasteiger partial charge in [0.15, 0.2) is 0 Å². The Kier molecular flexibility index (Phi) is 2.33. The fraction of sp³-hybridized carbons (Fsp3) is 0.182. The second-order valence-electron chi connectivity index (χ2n) is 3.49. The second kappa shape index (κ2) is 3.65. The predicted octanol–water partition coefficient (Wildman–Crippen LogP) is 0.979. The molecule has 0 aromatic heterocycles. The molecule has 15 heavy (non-hydrogen) atoms. The monoisotopic (exact) mass is 202 g/mol. The highest BCUT2D eigenvalue weighted by molar-refractivity contribution is 6.02. The molecular weight excluding hydrogens is 188 g/mol. The standard InChI is InChI=1S/C11H14N4/c1-14-6-3-2-4-10(14)15-7-5-9(8-12)11(15)13/h2-5,7-8,13H,6,12H2,1H3/b9-8-,13-11?. The molecule has 2 heterocycles. The summed E-state index contributed by atoms with van der Waals surface area (Å²) in [5.74, 6) is 1.42. The van der Waals surface area contributed by atoms with Crippen LogP contribution in [0.1, 0.15) is 0 Å². The van der Waals surface area contributed by atoms with E-state index in [4.69, 9.17) is 11.1 Å². The van der Waals surface area contributed by atoms with Crippen LogP contribution in [-0.4, -0.2) is 29.2 Å². The molecule has 4 nitrogen and oxygen atoms in total. The molecule has 3 N–H and O–H groups in total. The van der Waals surface area contributed by atoms with Crippen LogP contribution in [-0.2, 0) is 0 Å². The maximum Gasteiger partial charge on any atom is 0.139 e. The lowest BCUT2D eigenvalue weighted by Crippen LogP contribution is -2.33. The average molecular weight is 202 g/mol. The summed E-state index contributed by atoms with van der Waals surface area (Å²) in [6.45, 7) is 0.866. The van der Waals surface area contributed by atoms with Gasteiger partial charge in [-0.15, -0.1) is 0 Å². The summed E-state index contributed by atoms with van der Waals surface area (Å²) in [6.07, 6.45) is 11.2. The molecule has 2 aliphatic rings. The van der Waals surface area contributed by atoms with Gasteiger partial charge in [0.05, 0.1) is 0 Å². The van der Waals surface area contributed by atoms with Gasteiger partial charge in [0, 0.05) is 31.6 Å². The van der Waals surface area contributed by atoms with Crippen molar-refractivity contribution in [2.24, 2.45) is 5.73 Å². The summed E-state index contributed by atoms with van der Waals surface area (Å²) in [7, 11) is 2.00. The predicted molar refractivity (Wildman–Crippen MR) is 60.8 cm³/mol. The molecule has 0 aromatic carbocycles. The van der Waals surface area contributed by atoms with E-state index >= 15 is 0 Å². The quantitative estimate of drug-likeness (QED) is 0.666. The summed E-state index contributed by atoms with van der Waals surface area (Å²) in [5, 5.41) is 7.91. The minimum Gasteiger partial charge on any atom is -0.404 e. The van der Waals surface area contributed by atoms with Crippen LogP contribution >= 0.6 is 0 Å². The van der Waals surface area contributed by atoms with Crippen molar-refractivity contribution < 1.29 is 0 Å². The normalized spacial score (nSPS) is 22.9. The molecule has 0 spiro atoms. The summed E-state index contributed by atoms with van der Waals surface area (Å²) in [5.41, 5.74) is 6.17. The van der Waals surface area contributed by atoms with Crippen LogP contribution in [0.4, 0.5) is 0 Å². The zero-order valence-electron chi connectivity index (χ0n) is 8.64. The smallest absolute Gasteiger partial charge is 0.139 e. The lowest BCUT2D eigenvalue weighted by atomic mass is 10.3. The Labute approximate surface area is 89.2 Å². The van der Waals surface area contributed by atoms with Crippen LogP contribution < -0.4 is 5.73 Å². The number of amidine groups is 1. The summed E-state index contributed by atoms with van der Waals surface area (Å²) < 4.78 is 0. The van der Waals surface area contributed by atoms with Crippen molar-refractivity contribution in [1.82, 2.24) is 9.80 Å². The minimum atomic E-state index is 0.422. The van der Waals surface area contributed by atoms with Crippen molar-refractivity contribution in [1.29, 1.82) is 5.41 Å². The molecule has 0 saturated heterocycles. The van der Waals surface area contributed by atoms with Crippen molar-refractivity contribution in [3.05, 3.63) is 48.1 Å². The molecule has 0 fully saturated rings. The van der Waals surface area contributed by atoms with Crippen LogP contribution in [0.3, 0.4) is 0 Å². The van der Waals surface area contributed by atoms with Gasteiger partial charge < -0.3 is 10.6 Å². The van der Waals surface area contributed by atoms with Crippen molar-refractivity contribution in [2.75, 3.05) is 13.6 Å². The molecule has 0 saturated carbocycles. The van der Waals surface area contributed by atoms with Crippen molar-refractivity contribution >= 4 is 5.84 Å². The molecule has 0 bridgehead atoms. The first-order chi connectivity index (χ1) is 7.24. The Hall–Kier alpha value is -1.97. The number of allylic oxidation sites excluding steroid dienone is 2. The first-order valence-electron chi connectivity index (χ1n) is 4.80. The Morgan fingerprint density at radius 3 is 2.93 bits per heavy atom. The molecule has 0 atom stereocenters. The molecule has 0 aliphatic carbocycles. The van der Waals surface area contributed by atoms with Crippen LogP contribution in [0.2, 0.25) is 0 Å². The Bertz CT molecular complexity index is 401. The van der Waals surface area contributed by atoms with E-state index in [0.717, 1.165) is 17.9 Å². The summed E-state index contributed by atoms with van der Waals surface area (Å²) in [4.78, 5) is 3.90. The number of hydrogen-bond acceptors (Lipinski definition) is 3. The third kappa shape index (κ3) is 1.54.